The maximum absolute atomic E-state index is 6.09. The van der Waals surface area contributed by atoms with Gasteiger partial charge in [0.05, 0.1) is 0 Å². The normalized spacial score (nSPS) is 20.4. The fraction of sp³-hybridized carbons (Fsp3) is 0.647. The summed E-state index contributed by atoms with van der Waals surface area (Å²) in [5.74, 6) is 0. The van der Waals surface area contributed by atoms with E-state index in [-0.39, 0.29) is 0 Å². The summed E-state index contributed by atoms with van der Waals surface area (Å²) in [5.41, 5.74) is 8.69. The van der Waals surface area contributed by atoms with Crippen molar-refractivity contribution in [1.29, 1.82) is 0 Å². The van der Waals surface area contributed by atoms with Crippen LogP contribution in [-0.4, -0.2) is 48.6 Å². The van der Waals surface area contributed by atoms with Crippen molar-refractivity contribution in [3.63, 3.8) is 0 Å². The first kappa shape index (κ1) is 16.9. The van der Waals surface area contributed by atoms with Crippen LogP contribution in [0.2, 0.25) is 0 Å². The lowest BCUT2D eigenvalue weighted by Gasteiger charge is -2.41. The Labute approximate surface area is 137 Å². The molecule has 118 valence electrons. The van der Waals surface area contributed by atoms with Crippen LogP contribution in [-0.2, 0) is 0 Å². The Kier molecular flexibility index (Phi) is 6.23. The van der Waals surface area contributed by atoms with Gasteiger partial charge in [-0.2, -0.15) is 0 Å². The smallest absolute Gasteiger partial charge is 0.0482 e. The Hall–Kier alpha value is -0.420. The summed E-state index contributed by atoms with van der Waals surface area (Å²) in [6.07, 6.45) is 1.23. The highest BCUT2D eigenvalue weighted by Gasteiger charge is 2.26. The molecule has 3 nitrogen and oxygen atoms in total. The van der Waals surface area contributed by atoms with Gasteiger partial charge in [0.15, 0.2) is 0 Å². The number of piperazine rings is 1. The lowest BCUT2D eigenvalue weighted by molar-refractivity contribution is 0.0741. The summed E-state index contributed by atoms with van der Waals surface area (Å²) in [7, 11) is 0. The molecule has 0 aliphatic carbocycles. The predicted octanol–water partition coefficient (Wildman–Crippen LogP) is 3.17. The predicted molar refractivity (Wildman–Crippen MR) is 93.6 cm³/mol. The molecule has 1 heterocycles. The number of halogens is 1. The van der Waals surface area contributed by atoms with Crippen LogP contribution in [0.25, 0.3) is 0 Å². The minimum Gasteiger partial charge on any atom is -0.329 e. The zero-order chi connectivity index (χ0) is 15.4. The number of hydrogen-bond donors (Lipinski definition) is 1. The van der Waals surface area contributed by atoms with Crippen molar-refractivity contribution < 1.29 is 0 Å². The van der Waals surface area contributed by atoms with Crippen molar-refractivity contribution in [2.24, 2.45) is 5.73 Å². The van der Waals surface area contributed by atoms with Gasteiger partial charge in [-0.25, -0.2) is 0 Å². The van der Waals surface area contributed by atoms with E-state index in [1.165, 1.54) is 22.0 Å². The third-order valence-electron chi connectivity index (χ3n) is 4.74. The first-order valence-electron chi connectivity index (χ1n) is 8.01. The summed E-state index contributed by atoms with van der Waals surface area (Å²) in [5, 5.41) is 0. The fourth-order valence-corrected chi connectivity index (χ4v) is 3.88. The van der Waals surface area contributed by atoms with Crippen LogP contribution < -0.4 is 5.73 Å². The lowest BCUT2D eigenvalue weighted by atomic mass is 10.0. The van der Waals surface area contributed by atoms with Gasteiger partial charge in [0.1, 0.15) is 0 Å². The summed E-state index contributed by atoms with van der Waals surface area (Å²) in [6, 6.07) is 7.59. The molecule has 0 bridgehead atoms. The van der Waals surface area contributed by atoms with E-state index >= 15 is 0 Å². The van der Waals surface area contributed by atoms with Crippen molar-refractivity contribution in [2.45, 2.75) is 39.3 Å². The highest BCUT2D eigenvalue weighted by atomic mass is 79.9. The molecular formula is C17H28BrN3. The molecule has 21 heavy (non-hydrogen) atoms. The summed E-state index contributed by atoms with van der Waals surface area (Å²) in [6.45, 7) is 11.9. The molecule has 0 amide bonds. The van der Waals surface area contributed by atoms with Gasteiger partial charge in [-0.1, -0.05) is 35.0 Å². The molecular weight excluding hydrogens is 326 g/mol. The van der Waals surface area contributed by atoms with Crippen molar-refractivity contribution >= 4 is 15.9 Å². The number of hydrogen-bond acceptors (Lipinski definition) is 3. The molecule has 1 saturated heterocycles. The molecule has 4 heteroatoms. The molecule has 2 atom stereocenters. The maximum Gasteiger partial charge on any atom is 0.0482 e. The second-order valence-electron chi connectivity index (χ2n) is 6.11. The quantitative estimate of drug-likeness (QED) is 0.882. The van der Waals surface area contributed by atoms with Gasteiger partial charge in [-0.3, -0.25) is 9.80 Å². The standard InChI is InChI=1S/C17H28BrN3/c1-4-14(3)20-7-9-21(10-8-20)17(12-19)15-6-5-13(2)11-16(15)18/h5-6,11,14,17H,4,7-10,12,19H2,1-3H3. The Morgan fingerprint density at radius 2 is 1.81 bits per heavy atom. The first-order chi connectivity index (χ1) is 10.1. The average Bonchev–Trinajstić information content (AvgIpc) is 2.50. The molecule has 0 radical (unpaired) electrons. The highest BCUT2D eigenvalue weighted by molar-refractivity contribution is 9.10. The second-order valence-corrected chi connectivity index (χ2v) is 6.96. The van der Waals surface area contributed by atoms with E-state index in [4.69, 9.17) is 5.73 Å². The van der Waals surface area contributed by atoms with Gasteiger partial charge in [0.25, 0.3) is 0 Å². The van der Waals surface area contributed by atoms with Gasteiger partial charge in [-0.05, 0) is 37.5 Å². The molecule has 2 unspecified atom stereocenters. The van der Waals surface area contributed by atoms with Crippen LogP contribution in [0, 0.1) is 6.92 Å². The highest BCUT2D eigenvalue weighted by Crippen LogP contribution is 2.29. The van der Waals surface area contributed by atoms with Crippen LogP contribution >= 0.6 is 15.9 Å². The van der Waals surface area contributed by atoms with Crippen molar-refractivity contribution in [3.05, 3.63) is 33.8 Å². The van der Waals surface area contributed by atoms with E-state index in [0.717, 1.165) is 26.2 Å². The van der Waals surface area contributed by atoms with Crippen molar-refractivity contribution in [3.8, 4) is 0 Å². The van der Waals surface area contributed by atoms with Crippen molar-refractivity contribution in [1.82, 2.24) is 9.80 Å². The van der Waals surface area contributed by atoms with Gasteiger partial charge in [-0.15, -0.1) is 0 Å². The van der Waals surface area contributed by atoms with E-state index in [9.17, 15) is 0 Å². The minimum atomic E-state index is 0.319. The van der Waals surface area contributed by atoms with Gasteiger partial charge >= 0.3 is 0 Å². The van der Waals surface area contributed by atoms with E-state index in [0.29, 0.717) is 18.6 Å². The number of nitrogens with zero attached hydrogens (tertiary/aromatic N) is 2. The molecule has 2 rings (SSSR count). The SMILES string of the molecule is CCC(C)N1CCN(C(CN)c2ccc(C)cc2Br)CC1. The lowest BCUT2D eigenvalue weighted by Crippen LogP contribution is -2.51. The number of nitrogens with two attached hydrogens (primary N) is 1. The summed E-state index contributed by atoms with van der Waals surface area (Å²) < 4.78 is 1.18. The summed E-state index contributed by atoms with van der Waals surface area (Å²) >= 11 is 3.71. The zero-order valence-corrected chi connectivity index (χ0v) is 15.1. The van der Waals surface area contributed by atoms with Crippen LogP contribution in [0.5, 0.6) is 0 Å². The van der Waals surface area contributed by atoms with Crippen LogP contribution in [0.15, 0.2) is 22.7 Å². The molecule has 1 aromatic rings. The van der Waals surface area contributed by atoms with E-state index in [1.54, 1.807) is 0 Å². The van der Waals surface area contributed by atoms with Crippen LogP contribution in [0.4, 0.5) is 0 Å². The molecule has 2 N–H and O–H groups in total. The number of benzene rings is 1. The topological polar surface area (TPSA) is 32.5 Å². The first-order valence-corrected chi connectivity index (χ1v) is 8.80. The molecule has 1 fully saturated rings. The largest absolute Gasteiger partial charge is 0.329 e. The molecule has 1 aromatic carbocycles. The average molecular weight is 354 g/mol. The summed E-state index contributed by atoms with van der Waals surface area (Å²) in [4.78, 5) is 5.13. The van der Waals surface area contributed by atoms with Gasteiger partial charge in [0, 0.05) is 49.3 Å². The van der Waals surface area contributed by atoms with Crippen LogP contribution in [0.3, 0.4) is 0 Å². The third-order valence-corrected chi connectivity index (χ3v) is 5.43. The molecule has 0 saturated carbocycles. The Morgan fingerprint density at radius 1 is 1.19 bits per heavy atom. The van der Waals surface area contributed by atoms with Crippen molar-refractivity contribution in [2.75, 3.05) is 32.7 Å². The number of aryl methyl sites for hydroxylation is 1. The van der Waals surface area contributed by atoms with E-state index < -0.39 is 0 Å². The molecule has 0 aromatic heterocycles. The molecule has 1 aliphatic rings. The second kappa shape index (κ2) is 7.73. The van der Waals surface area contributed by atoms with Gasteiger partial charge < -0.3 is 5.73 Å². The Morgan fingerprint density at radius 3 is 2.33 bits per heavy atom. The minimum absolute atomic E-state index is 0.319. The zero-order valence-electron chi connectivity index (χ0n) is 13.5. The van der Waals surface area contributed by atoms with E-state index in [1.807, 2.05) is 0 Å². The fourth-order valence-electron chi connectivity index (χ4n) is 3.12. The van der Waals surface area contributed by atoms with Gasteiger partial charge in [0.2, 0.25) is 0 Å². The number of rotatable bonds is 5. The molecule has 1 aliphatic heterocycles. The Balaban J connectivity index is 2.06. The maximum atomic E-state index is 6.09. The monoisotopic (exact) mass is 353 g/mol. The van der Waals surface area contributed by atoms with E-state index in [2.05, 4.69) is 64.7 Å². The molecule has 0 spiro atoms. The van der Waals surface area contributed by atoms with Crippen LogP contribution in [0.1, 0.15) is 37.4 Å². The third kappa shape index (κ3) is 4.07. The Bertz CT molecular complexity index is 455.